The summed E-state index contributed by atoms with van der Waals surface area (Å²) in [6.07, 6.45) is 16.3. The monoisotopic (exact) mass is 997 g/mol. The molecular formula is C56H68N16O2. The molecule has 0 radical (unpaired) electrons. The Hall–Kier alpha value is -7.12. The Morgan fingerprint density at radius 3 is 1.24 bits per heavy atom. The maximum Gasteiger partial charge on any atom is 0.240 e. The largest absolute Gasteiger partial charge is 0.354 e. The van der Waals surface area contributed by atoms with Crippen LogP contribution in [-0.4, -0.2) is 151 Å². The van der Waals surface area contributed by atoms with Gasteiger partial charge in [-0.2, -0.15) is 0 Å². The molecule has 2 amide bonds. The Morgan fingerprint density at radius 2 is 0.851 bits per heavy atom. The summed E-state index contributed by atoms with van der Waals surface area (Å²) in [7, 11) is 0. The molecule has 6 aromatic rings. The van der Waals surface area contributed by atoms with Gasteiger partial charge < -0.3 is 31.9 Å². The van der Waals surface area contributed by atoms with Crippen LogP contribution in [0.2, 0.25) is 0 Å². The highest BCUT2D eigenvalue weighted by molar-refractivity contribution is 5.90. The van der Waals surface area contributed by atoms with Gasteiger partial charge in [0.25, 0.3) is 0 Å². The fourth-order valence-corrected chi connectivity index (χ4v) is 11.0. The van der Waals surface area contributed by atoms with Crippen LogP contribution in [0, 0.1) is 0 Å². The Labute approximate surface area is 433 Å². The fraction of sp³-hybridized carbons (Fsp3) is 0.429. The molecule has 384 valence electrons. The molecule has 2 saturated heterocycles. The molecular weight excluding hydrogens is 929 g/mol. The van der Waals surface area contributed by atoms with Crippen molar-refractivity contribution in [1.82, 2.24) is 60.1 Å². The Morgan fingerprint density at radius 1 is 0.459 bits per heavy atom. The third-order valence-corrected chi connectivity index (χ3v) is 15.8. The first-order valence-electron chi connectivity index (χ1n) is 26.5. The minimum Gasteiger partial charge on any atom is -0.354 e. The molecule has 12 aliphatic rings. The van der Waals surface area contributed by atoms with E-state index in [9.17, 15) is 9.59 Å². The zero-order valence-corrected chi connectivity index (χ0v) is 42.6. The van der Waals surface area contributed by atoms with Crippen LogP contribution in [0.1, 0.15) is 75.6 Å². The Kier molecular flexibility index (Phi) is 14.4. The molecule has 4 fully saturated rings. The Bertz CT molecular complexity index is 2700. The predicted molar refractivity (Wildman–Crippen MR) is 289 cm³/mol. The predicted octanol–water partition coefficient (Wildman–Crippen LogP) is 6.85. The molecule has 2 spiro atoms. The van der Waals surface area contributed by atoms with Gasteiger partial charge in [-0.3, -0.25) is 29.2 Å². The topological polar surface area (TPSA) is 197 Å². The van der Waals surface area contributed by atoms with Crippen molar-refractivity contribution in [3.05, 3.63) is 121 Å². The number of carbonyl (C=O) groups excluding carboxylic acids is 2. The van der Waals surface area contributed by atoms with E-state index in [1.54, 1.807) is 12.4 Å². The zero-order chi connectivity index (χ0) is 50.5. The quantitative estimate of drug-likeness (QED) is 0.0924. The molecule has 74 heavy (non-hydrogen) atoms. The highest BCUT2D eigenvalue weighted by Gasteiger charge is 2.55. The lowest BCUT2D eigenvalue weighted by Gasteiger charge is -2.41. The number of aromatic nitrogens is 6. The molecule has 18 heteroatoms. The van der Waals surface area contributed by atoms with Crippen molar-refractivity contribution in [3.8, 4) is 22.3 Å². The molecule has 2 unspecified atom stereocenters. The van der Waals surface area contributed by atoms with Gasteiger partial charge in [-0.05, 0) is 123 Å². The van der Waals surface area contributed by atoms with Gasteiger partial charge in [-0.15, -0.1) is 0 Å². The number of anilines is 6. The van der Waals surface area contributed by atoms with Crippen LogP contribution in [0.5, 0.6) is 0 Å². The highest BCUT2D eigenvalue weighted by atomic mass is 16.2. The number of piperazine rings is 2. The minimum absolute atomic E-state index is 0.183. The van der Waals surface area contributed by atoms with E-state index >= 15 is 0 Å². The summed E-state index contributed by atoms with van der Waals surface area (Å²) >= 11 is 0. The molecule has 18 nitrogen and oxygen atoms in total. The van der Waals surface area contributed by atoms with Crippen LogP contribution >= 0.6 is 0 Å². The van der Waals surface area contributed by atoms with Crippen LogP contribution in [0.3, 0.4) is 0 Å². The summed E-state index contributed by atoms with van der Waals surface area (Å²) in [5, 5.41) is 19.8. The lowest BCUT2D eigenvalue weighted by atomic mass is 10.0. The zero-order valence-electron chi connectivity index (χ0n) is 42.6. The number of pyridine rings is 2. The van der Waals surface area contributed by atoms with Gasteiger partial charge >= 0.3 is 0 Å². The van der Waals surface area contributed by atoms with Gasteiger partial charge in [-0.1, -0.05) is 24.3 Å². The lowest BCUT2D eigenvalue weighted by molar-refractivity contribution is -0.129. The van der Waals surface area contributed by atoms with E-state index in [-0.39, 0.29) is 35.0 Å². The van der Waals surface area contributed by atoms with E-state index in [1.807, 2.05) is 49.1 Å². The average molecular weight is 997 g/mol. The molecule has 2 atom stereocenters. The third-order valence-electron chi connectivity index (χ3n) is 15.8. The second kappa shape index (κ2) is 21.8. The molecule has 2 saturated carbocycles. The third kappa shape index (κ3) is 11.0. The molecule has 16 bridgehead atoms. The normalized spacial score (nSPS) is 25.1. The number of nitrogens with one attached hydrogen (secondary N) is 6. The SMILES string of the molecule is CC1c2cccc(c2)Nc2cc(ccn2)-c2cnc(nc2)NCCCNC(=O)C2(CC2)N2CCN1CC2.CC1c2cccc(c2)Nc2cc(ccn2)-c2cnc(nc2)NCCCNC(=O)C2(CC2)N2CCN1CC2. The van der Waals surface area contributed by atoms with Crippen molar-refractivity contribution in [1.29, 1.82) is 0 Å². The number of carbonyl (C=O) groups is 2. The van der Waals surface area contributed by atoms with Crippen LogP contribution in [0.4, 0.5) is 34.9 Å². The van der Waals surface area contributed by atoms with E-state index in [4.69, 9.17) is 0 Å². The number of benzene rings is 2. The Balaban J connectivity index is 0.000000159. The summed E-state index contributed by atoms with van der Waals surface area (Å²) in [6, 6.07) is 25.7. The standard InChI is InChI=1S/2C28H34N8O/c2*1-20-21-4-2-5-24(16-21)34-25-17-22(6-11-29-25)23-18-32-27(33-19-23)31-10-3-9-30-26(37)28(7-8-28)36-14-12-35(20)13-15-36/h2*2,4-6,11,16-20H,3,7-10,12-15H2,1H3,(H,29,34)(H,30,37)(H,31,32,33). The smallest absolute Gasteiger partial charge is 0.240 e. The number of hydrogen-bond donors (Lipinski definition) is 6. The van der Waals surface area contributed by atoms with E-state index in [0.717, 1.165) is 136 Å². The lowest BCUT2D eigenvalue weighted by Crippen LogP contribution is -2.57. The van der Waals surface area contributed by atoms with Gasteiger partial charge in [0.1, 0.15) is 22.7 Å². The number of hydrogen-bond acceptors (Lipinski definition) is 16. The van der Waals surface area contributed by atoms with Gasteiger partial charge in [-0.25, -0.2) is 29.9 Å². The number of rotatable bonds is 0. The van der Waals surface area contributed by atoms with Crippen molar-refractivity contribution >= 4 is 46.7 Å². The molecule has 2 aliphatic carbocycles. The van der Waals surface area contributed by atoms with Crippen LogP contribution in [-0.2, 0) is 9.59 Å². The average Bonchev–Trinajstić information content (AvgIpc) is 4.40. The van der Waals surface area contributed by atoms with E-state index in [0.29, 0.717) is 38.1 Å². The van der Waals surface area contributed by atoms with Gasteiger partial charge in [0, 0.05) is 150 Å². The molecule has 2 aromatic carbocycles. The summed E-state index contributed by atoms with van der Waals surface area (Å²) < 4.78 is 0. The molecule has 10 aliphatic heterocycles. The van der Waals surface area contributed by atoms with Crippen molar-refractivity contribution in [2.24, 2.45) is 0 Å². The molecule has 14 heterocycles. The van der Waals surface area contributed by atoms with Crippen LogP contribution < -0.4 is 31.9 Å². The van der Waals surface area contributed by atoms with Gasteiger partial charge in [0.05, 0.1) is 0 Å². The molecule has 4 aromatic heterocycles. The second-order valence-corrected chi connectivity index (χ2v) is 20.5. The van der Waals surface area contributed by atoms with E-state index < -0.39 is 0 Å². The first-order valence-corrected chi connectivity index (χ1v) is 26.5. The number of nitrogens with zero attached hydrogens (tertiary/aromatic N) is 10. The molecule has 18 rings (SSSR count). The first kappa shape index (κ1) is 49.1. The van der Waals surface area contributed by atoms with Crippen molar-refractivity contribution in [3.63, 3.8) is 0 Å². The minimum atomic E-state index is -0.304. The summed E-state index contributed by atoms with van der Waals surface area (Å²) in [5.41, 5.74) is 7.80. The van der Waals surface area contributed by atoms with Crippen molar-refractivity contribution < 1.29 is 9.59 Å². The van der Waals surface area contributed by atoms with Crippen LogP contribution in [0.25, 0.3) is 22.3 Å². The first-order chi connectivity index (χ1) is 36.2. The van der Waals surface area contributed by atoms with Crippen molar-refractivity contribution in [2.45, 2.75) is 75.5 Å². The number of amides is 2. The fourth-order valence-electron chi connectivity index (χ4n) is 11.0. The summed E-state index contributed by atoms with van der Waals surface area (Å²) in [5.74, 6) is 3.10. The van der Waals surface area contributed by atoms with Crippen LogP contribution in [0.15, 0.2) is 110 Å². The highest BCUT2D eigenvalue weighted by Crippen LogP contribution is 2.44. The molecule has 6 N–H and O–H groups in total. The van der Waals surface area contributed by atoms with E-state index in [1.165, 1.54) is 11.1 Å². The van der Waals surface area contributed by atoms with Gasteiger partial charge in [0.15, 0.2) is 0 Å². The summed E-state index contributed by atoms with van der Waals surface area (Å²) in [4.78, 5) is 63.0. The van der Waals surface area contributed by atoms with E-state index in [2.05, 4.69) is 144 Å². The van der Waals surface area contributed by atoms with Gasteiger partial charge in [0.2, 0.25) is 23.7 Å². The summed E-state index contributed by atoms with van der Waals surface area (Å²) in [6.45, 7) is 14.7. The second-order valence-electron chi connectivity index (χ2n) is 20.5. The van der Waals surface area contributed by atoms with Crippen molar-refractivity contribution in [2.75, 3.05) is 99.8 Å². The maximum atomic E-state index is 13.1. The maximum absolute atomic E-state index is 13.1.